The number of nitrogens with two attached hydrogens (primary N) is 1. The monoisotopic (exact) mass is 384 g/mol. The second-order valence-electron chi connectivity index (χ2n) is 6.33. The molecule has 0 atom stereocenters. The van der Waals surface area contributed by atoms with Crippen LogP contribution in [-0.4, -0.2) is 39.1 Å². The highest BCUT2D eigenvalue weighted by Gasteiger charge is 2.27. The average molecular weight is 385 g/mol. The van der Waals surface area contributed by atoms with Gasteiger partial charge in [-0.3, -0.25) is 9.78 Å². The van der Waals surface area contributed by atoms with E-state index in [1.807, 2.05) is 18.2 Å². The molecule has 138 valence electrons. The van der Waals surface area contributed by atoms with Gasteiger partial charge in [-0.2, -0.15) is 4.98 Å². The molecule has 0 aliphatic carbocycles. The van der Waals surface area contributed by atoms with Gasteiger partial charge in [-0.05, 0) is 31.0 Å². The summed E-state index contributed by atoms with van der Waals surface area (Å²) in [6, 6.07) is 7.13. The molecule has 1 saturated heterocycles. The normalized spacial score (nSPS) is 15.1. The number of aromatic nitrogens is 4. The Morgan fingerprint density at radius 3 is 2.74 bits per heavy atom. The summed E-state index contributed by atoms with van der Waals surface area (Å²) in [7, 11) is 0. The smallest absolute Gasteiger partial charge is 0.250 e. The molecular weight excluding hydrogens is 368 g/mol. The number of carbonyl (C=O) groups excluding carboxylic acids is 1. The van der Waals surface area contributed by atoms with Crippen molar-refractivity contribution < 1.29 is 9.32 Å². The molecule has 4 rings (SSSR count). The van der Waals surface area contributed by atoms with Gasteiger partial charge in [0.2, 0.25) is 17.6 Å². The lowest BCUT2D eigenvalue weighted by Gasteiger charge is -2.31. The van der Waals surface area contributed by atoms with Crippen LogP contribution in [0, 0.1) is 0 Å². The van der Waals surface area contributed by atoms with E-state index in [2.05, 4.69) is 25.0 Å². The zero-order valence-corrected chi connectivity index (χ0v) is 15.1. The van der Waals surface area contributed by atoms with Crippen LogP contribution in [0.5, 0.6) is 0 Å². The zero-order valence-electron chi connectivity index (χ0n) is 14.4. The fraction of sp³-hybridized carbons (Fsp3) is 0.278. The Morgan fingerprint density at radius 1 is 1.26 bits per heavy atom. The molecular formula is C18H17ClN6O2. The summed E-state index contributed by atoms with van der Waals surface area (Å²) in [5.41, 5.74) is 6.25. The van der Waals surface area contributed by atoms with E-state index in [0.29, 0.717) is 33.8 Å². The third kappa shape index (κ3) is 3.61. The molecule has 27 heavy (non-hydrogen) atoms. The van der Waals surface area contributed by atoms with Crippen molar-refractivity contribution in [3.05, 3.63) is 53.1 Å². The molecule has 3 aromatic rings. The van der Waals surface area contributed by atoms with Crippen LogP contribution in [0.15, 0.2) is 41.2 Å². The molecule has 0 unspecified atom stereocenters. The zero-order chi connectivity index (χ0) is 18.8. The van der Waals surface area contributed by atoms with Gasteiger partial charge < -0.3 is 15.2 Å². The minimum absolute atomic E-state index is 0.176. The number of pyridine rings is 2. The molecule has 8 nitrogen and oxygen atoms in total. The molecule has 1 aliphatic heterocycles. The maximum absolute atomic E-state index is 11.2. The van der Waals surface area contributed by atoms with Crippen molar-refractivity contribution in [3.63, 3.8) is 0 Å². The largest absolute Gasteiger partial charge is 0.366 e. The molecule has 0 radical (unpaired) electrons. The molecule has 0 saturated carbocycles. The minimum atomic E-state index is -0.547. The Hall–Kier alpha value is -3.00. The van der Waals surface area contributed by atoms with Gasteiger partial charge in [0, 0.05) is 31.4 Å². The molecule has 0 bridgehead atoms. The first-order valence-electron chi connectivity index (χ1n) is 8.57. The van der Waals surface area contributed by atoms with E-state index in [-0.39, 0.29) is 5.92 Å². The molecule has 1 aliphatic rings. The van der Waals surface area contributed by atoms with E-state index < -0.39 is 5.91 Å². The van der Waals surface area contributed by atoms with Gasteiger partial charge in [-0.1, -0.05) is 22.8 Å². The highest BCUT2D eigenvalue weighted by atomic mass is 35.5. The SMILES string of the molecule is NC(=O)c1cnc(N2CCC(c3nc(-c4ccccn4)no3)CC2)c(Cl)c1. The van der Waals surface area contributed by atoms with E-state index in [1.54, 1.807) is 12.3 Å². The highest BCUT2D eigenvalue weighted by Crippen LogP contribution is 2.32. The van der Waals surface area contributed by atoms with Crippen molar-refractivity contribution in [1.82, 2.24) is 20.1 Å². The van der Waals surface area contributed by atoms with Crippen molar-refractivity contribution in [3.8, 4) is 11.5 Å². The number of piperidine rings is 1. The van der Waals surface area contributed by atoms with Gasteiger partial charge in [0.05, 0.1) is 10.6 Å². The lowest BCUT2D eigenvalue weighted by molar-refractivity contribution is 0.1000. The average Bonchev–Trinajstić information content (AvgIpc) is 3.19. The number of halogens is 1. The van der Waals surface area contributed by atoms with E-state index in [0.717, 1.165) is 25.9 Å². The minimum Gasteiger partial charge on any atom is -0.366 e. The third-order valence-electron chi connectivity index (χ3n) is 4.59. The van der Waals surface area contributed by atoms with Crippen LogP contribution in [-0.2, 0) is 0 Å². The van der Waals surface area contributed by atoms with Gasteiger partial charge in [0.15, 0.2) is 0 Å². The molecule has 3 aromatic heterocycles. The van der Waals surface area contributed by atoms with Gasteiger partial charge >= 0.3 is 0 Å². The van der Waals surface area contributed by atoms with Crippen molar-refractivity contribution in [2.45, 2.75) is 18.8 Å². The molecule has 1 amide bonds. The Balaban J connectivity index is 1.44. The fourth-order valence-corrected chi connectivity index (χ4v) is 3.42. The summed E-state index contributed by atoms with van der Waals surface area (Å²) in [5.74, 6) is 1.41. The summed E-state index contributed by atoms with van der Waals surface area (Å²) < 4.78 is 5.45. The van der Waals surface area contributed by atoms with Crippen LogP contribution in [0.1, 0.15) is 35.0 Å². The Bertz CT molecular complexity index is 953. The van der Waals surface area contributed by atoms with Gasteiger partial charge in [-0.15, -0.1) is 0 Å². The molecule has 1 fully saturated rings. The lowest BCUT2D eigenvalue weighted by atomic mass is 9.97. The number of nitrogens with zero attached hydrogens (tertiary/aromatic N) is 5. The van der Waals surface area contributed by atoms with Crippen molar-refractivity contribution in [1.29, 1.82) is 0 Å². The second kappa shape index (κ2) is 7.32. The maximum Gasteiger partial charge on any atom is 0.250 e. The van der Waals surface area contributed by atoms with E-state index in [9.17, 15) is 4.79 Å². The Kier molecular flexibility index (Phi) is 4.72. The quantitative estimate of drug-likeness (QED) is 0.735. The molecule has 9 heteroatoms. The van der Waals surface area contributed by atoms with Crippen LogP contribution >= 0.6 is 11.6 Å². The van der Waals surface area contributed by atoms with Crippen LogP contribution in [0.25, 0.3) is 11.5 Å². The summed E-state index contributed by atoms with van der Waals surface area (Å²) in [6.45, 7) is 1.49. The van der Waals surface area contributed by atoms with Gasteiger partial charge in [0.1, 0.15) is 11.5 Å². The third-order valence-corrected chi connectivity index (χ3v) is 4.86. The summed E-state index contributed by atoms with van der Waals surface area (Å²) >= 11 is 6.27. The van der Waals surface area contributed by atoms with Crippen LogP contribution in [0.2, 0.25) is 5.02 Å². The first kappa shape index (κ1) is 17.4. The lowest BCUT2D eigenvalue weighted by Crippen LogP contribution is -2.34. The number of hydrogen-bond donors (Lipinski definition) is 1. The Morgan fingerprint density at radius 2 is 2.07 bits per heavy atom. The molecule has 2 N–H and O–H groups in total. The number of rotatable bonds is 4. The highest BCUT2D eigenvalue weighted by molar-refractivity contribution is 6.33. The molecule has 0 spiro atoms. The number of hydrogen-bond acceptors (Lipinski definition) is 7. The molecule has 4 heterocycles. The van der Waals surface area contributed by atoms with Crippen LogP contribution < -0.4 is 10.6 Å². The van der Waals surface area contributed by atoms with Gasteiger partial charge in [0.25, 0.3) is 0 Å². The number of carbonyl (C=O) groups is 1. The van der Waals surface area contributed by atoms with Crippen LogP contribution in [0.4, 0.5) is 5.82 Å². The van der Waals surface area contributed by atoms with E-state index >= 15 is 0 Å². The van der Waals surface area contributed by atoms with E-state index in [4.69, 9.17) is 21.9 Å². The predicted molar refractivity (Wildman–Crippen MR) is 99.5 cm³/mol. The summed E-state index contributed by atoms with van der Waals surface area (Å²) in [5, 5.41) is 4.46. The number of amides is 1. The fourth-order valence-electron chi connectivity index (χ4n) is 3.14. The van der Waals surface area contributed by atoms with Gasteiger partial charge in [-0.25, -0.2) is 4.98 Å². The topological polar surface area (TPSA) is 111 Å². The van der Waals surface area contributed by atoms with Crippen LogP contribution in [0.3, 0.4) is 0 Å². The molecule has 0 aromatic carbocycles. The number of anilines is 1. The second-order valence-corrected chi connectivity index (χ2v) is 6.73. The first-order valence-corrected chi connectivity index (χ1v) is 8.95. The first-order chi connectivity index (χ1) is 13.1. The summed E-state index contributed by atoms with van der Waals surface area (Å²) in [6.07, 6.45) is 4.82. The van der Waals surface area contributed by atoms with Crippen molar-refractivity contribution >= 4 is 23.3 Å². The number of primary amides is 1. The Labute approximate surface area is 160 Å². The van der Waals surface area contributed by atoms with Crippen molar-refractivity contribution in [2.75, 3.05) is 18.0 Å². The van der Waals surface area contributed by atoms with E-state index in [1.165, 1.54) is 6.20 Å². The maximum atomic E-state index is 11.2. The van der Waals surface area contributed by atoms with Crippen molar-refractivity contribution in [2.24, 2.45) is 5.73 Å². The summed E-state index contributed by atoms with van der Waals surface area (Å²) in [4.78, 5) is 26.3. The predicted octanol–water partition coefficient (Wildman–Crippen LogP) is 2.66. The standard InChI is InChI=1S/C18H17ClN6O2/c19-13-9-12(15(20)26)10-22-17(13)25-7-4-11(5-8-25)18-23-16(24-27-18)14-3-1-2-6-21-14/h1-3,6,9-11H,4-5,7-8H2,(H2,20,26).